The maximum absolute atomic E-state index is 14.8. The minimum atomic E-state index is -5.08. The molecule has 206 valence electrons. The molecule has 0 bridgehead atoms. The second-order valence-electron chi connectivity index (χ2n) is 8.29. The number of aliphatic carboxylic acids is 1. The molecule has 8 nitrogen and oxygen atoms in total. The third kappa shape index (κ3) is 7.79. The average Bonchev–Trinajstić information content (AvgIpc) is 3.52. The van der Waals surface area contributed by atoms with E-state index in [1.165, 1.54) is 33.9 Å². The van der Waals surface area contributed by atoms with Crippen LogP contribution in [0.25, 0.3) is 0 Å². The maximum atomic E-state index is 14.8. The number of sulfonamides is 1. The summed E-state index contributed by atoms with van der Waals surface area (Å²) in [5, 5.41) is 8.84. The number of hydrogen-bond donors (Lipinski definition) is 2. The van der Waals surface area contributed by atoms with Gasteiger partial charge < -0.3 is 10.0 Å². The number of benzene rings is 2. The Balaban J connectivity index is 0.000000505. The van der Waals surface area contributed by atoms with E-state index < -0.39 is 32.9 Å². The van der Waals surface area contributed by atoms with Gasteiger partial charge in [0, 0.05) is 44.2 Å². The summed E-state index contributed by atoms with van der Waals surface area (Å²) in [5.41, 5.74) is 3.21. The van der Waals surface area contributed by atoms with E-state index in [1.54, 1.807) is 0 Å². The molecular formula is C23H23ClF4N4O4S2. The number of halogens is 5. The van der Waals surface area contributed by atoms with Crippen molar-refractivity contribution < 1.29 is 35.9 Å². The van der Waals surface area contributed by atoms with Crippen LogP contribution in [0, 0.1) is 5.82 Å². The number of likely N-dealkylation sites (tertiary alicyclic amines) is 1. The predicted octanol–water partition coefficient (Wildman–Crippen LogP) is 5.08. The molecule has 2 aromatic carbocycles. The fourth-order valence-corrected chi connectivity index (χ4v) is 5.77. The number of likely N-dealkylation sites (N-methyl/N-ethyl adjacent to an activating group) is 1. The summed E-state index contributed by atoms with van der Waals surface area (Å²) in [6.45, 7) is 2.59. The highest BCUT2D eigenvalue weighted by atomic mass is 35.5. The van der Waals surface area contributed by atoms with Crippen LogP contribution in [0.4, 0.5) is 29.1 Å². The van der Waals surface area contributed by atoms with Crippen LogP contribution in [0.2, 0.25) is 5.02 Å². The maximum Gasteiger partial charge on any atom is 0.490 e. The Bertz CT molecular complexity index is 1340. The molecule has 38 heavy (non-hydrogen) atoms. The van der Waals surface area contributed by atoms with E-state index in [2.05, 4.69) is 26.7 Å². The predicted molar refractivity (Wildman–Crippen MR) is 137 cm³/mol. The van der Waals surface area contributed by atoms with E-state index in [0.717, 1.165) is 32.1 Å². The van der Waals surface area contributed by atoms with Gasteiger partial charge in [-0.15, -0.1) is 11.3 Å². The summed E-state index contributed by atoms with van der Waals surface area (Å²) in [5.74, 6) is -3.47. The van der Waals surface area contributed by atoms with Crippen molar-refractivity contribution in [2.45, 2.75) is 30.1 Å². The number of rotatable bonds is 7. The Kier molecular flexibility index (Phi) is 9.57. The van der Waals surface area contributed by atoms with E-state index in [-0.39, 0.29) is 16.9 Å². The molecule has 1 aliphatic rings. The number of alkyl halides is 3. The van der Waals surface area contributed by atoms with Crippen molar-refractivity contribution in [2.24, 2.45) is 0 Å². The van der Waals surface area contributed by atoms with Crippen LogP contribution in [0.15, 0.2) is 58.3 Å². The van der Waals surface area contributed by atoms with Crippen molar-refractivity contribution in [3.05, 3.63) is 69.8 Å². The lowest BCUT2D eigenvalue weighted by Crippen LogP contribution is -2.34. The molecule has 1 fully saturated rings. The fraction of sp³-hybridized carbons (Fsp3) is 0.304. The first-order valence-electron chi connectivity index (χ1n) is 11.0. The first-order chi connectivity index (χ1) is 17.8. The zero-order chi connectivity index (χ0) is 28.1. The summed E-state index contributed by atoms with van der Waals surface area (Å²) in [6.07, 6.45) is -4.17. The van der Waals surface area contributed by atoms with Crippen LogP contribution in [-0.2, 0) is 21.4 Å². The standard InChI is InChI=1S/C21H22ClFN4O2S2.C2HF3O2/c1-26(16-7-8-27(12-16)11-15-5-3-2-4-6-15)19-10-18(23)20(9-17(19)22)31(28,29)25-21-13-30-14-24-21;3-2(4,5)1(6)7/h2-6,9-10,13-14,16,25H,7-8,11-12H2,1H3;(H,6,7)/t16-;/m0./s1. The molecule has 0 radical (unpaired) electrons. The SMILES string of the molecule is CN(c1cc(F)c(S(=O)(=O)Nc2cscn2)cc1Cl)[C@H]1CCN(Cc2ccccc2)C1.O=C(O)C(F)(F)F. The lowest BCUT2D eigenvalue weighted by Gasteiger charge is -2.28. The van der Waals surface area contributed by atoms with Gasteiger partial charge in [-0.2, -0.15) is 13.2 Å². The normalized spacial score (nSPS) is 16.0. The second kappa shape index (κ2) is 12.3. The Hall–Kier alpha value is -2.94. The monoisotopic (exact) mass is 594 g/mol. The number of carboxylic acids is 1. The molecule has 1 atom stereocenters. The Morgan fingerprint density at radius 3 is 2.53 bits per heavy atom. The third-order valence-corrected chi connectivity index (χ3v) is 7.89. The van der Waals surface area contributed by atoms with Gasteiger partial charge in [-0.05, 0) is 18.1 Å². The Morgan fingerprint density at radius 1 is 1.29 bits per heavy atom. The molecule has 0 aliphatic carbocycles. The van der Waals surface area contributed by atoms with Crippen LogP contribution >= 0.6 is 22.9 Å². The van der Waals surface area contributed by atoms with E-state index in [1.807, 2.05) is 30.1 Å². The van der Waals surface area contributed by atoms with Gasteiger partial charge in [-0.3, -0.25) is 9.62 Å². The van der Waals surface area contributed by atoms with Gasteiger partial charge in [0.1, 0.15) is 10.7 Å². The number of carboxylic acid groups (broad SMARTS) is 1. The molecule has 2 N–H and O–H groups in total. The van der Waals surface area contributed by atoms with E-state index in [0.29, 0.717) is 5.69 Å². The van der Waals surface area contributed by atoms with Crippen LogP contribution in [0.1, 0.15) is 12.0 Å². The van der Waals surface area contributed by atoms with Crippen LogP contribution < -0.4 is 9.62 Å². The minimum absolute atomic E-state index is 0.145. The number of hydrogen-bond acceptors (Lipinski definition) is 7. The van der Waals surface area contributed by atoms with Crippen LogP contribution in [0.5, 0.6) is 0 Å². The molecule has 0 spiro atoms. The van der Waals surface area contributed by atoms with E-state index in [4.69, 9.17) is 21.5 Å². The largest absolute Gasteiger partial charge is 0.490 e. The van der Waals surface area contributed by atoms with Crippen molar-refractivity contribution in [2.75, 3.05) is 29.8 Å². The summed E-state index contributed by atoms with van der Waals surface area (Å²) in [6, 6.07) is 12.7. The second-order valence-corrected chi connectivity index (χ2v) is 11.1. The molecule has 15 heteroatoms. The first-order valence-corrected chi connectivity index (χ1v) is 13.8. The molecule has 1 aliphatic heterocycles. The van der Waals surface area contributed by atoms with E-state index >= 15 is 0 Å². The van der Waals surface area contributed by atoms with Gasteiger partial charge in [0.25, 0.3) is 10.0 Å². The molecule has 3 aromatic rings. The molecule has 0 amide bonds. The fourth-order valence-electron chi connectivity index (χ4n) is 3.76. The van der Waals surface area contributed by atoms with Crippen LogP contribution in [0.3, 0.4) is 0 Å². The quantitative estimate of drug-likeness (QED) is 0.368. The topological polar surface area (TPSA) is 103 Å². The Morgan fingerprint density at radius 2 is 1.95 bits per heavy atom. The molecule has 0 saturated carbocycles. The number of thiazole rings is 1. The van der Waals surface area contributed by atoms with Gasteiger partial charge in [0.05, 0.1) is 16.2 Å². The highest BCUT2D eigenvalue weighted by molar-refractivity contribution is 7.92. The zero-order valence-corrected chi connectivity index (χ0v) is 22.2. The molecule has 4 rings (SSSR count). The van der Waals surface area contributed by atoms with Gasteiger partial charge in [0.15, 0.2) is 5.82 Å². The van der Waals surface area contributed by atoms with Gasteiger partial charge >= 0.3 is 12.1 Å². The summed E-state index contributed by atoms with van der Waals surface area (Å²) >= 11 is 7.64. The summed E-state index contributed by atoms with van der Waals surface area (Å²) in [4.78, 5) is 16.5. The van der Waals surface area contributed by atoms with Crippen molar-refractivity contribution >= 4 is 50.4 Å². The summed E-state index contributed by atoms with van der Waals surface area (Å²) < 4.78 is 74.0. The number of anilines is 2. The number of nitrogens with one attached hydrogen (secondary N) is 1. The first kappa shape index (κ1) is 29.6. The van der Waals surface area contributed by atoms with Crippen molar-refractivity contribution in [3.63, 3.8) is 0 Å². The lowest BCUT2D eigenvalue weighted by molar-refractivity contribution is -0.192. The zero-order valence-electron chi connectivity index (χ0n) is 19.8. The molecule has 2 heterocycles. The van der Waals surface area contributed by atoms with Gasteiger partial charge in [0.2, 0.25) is 0 Å². The van der Waals surface area contributed by atoms with Gasteiger partial charge in [-0.25, -0.2) is 22.6 Å². The summed E-state index contributed by atoms with van der Waals surface area (Å²) in [7, 11) is -2.27. The number of aromatic nitrogens is 1. The molecule has 1 aromatic heterocycles. The number of carbonyl (C=O) groups is 1. The average molecular weight is 595 g/mol. The lowest BCUT2D eigenvalue weighted by atomic mass is 10.2. The van der Waals surface area contributed by atoms with Crippen LogP contribution in [-0.4, -0.2) is 61.7 Å². The highest BCUT2D eigenvalue weighted by Crippen LogP contribution is 2.33. The minimum Gasteiger partial charge on any atom is -0.475 e. The number of nitrogens with zero attached hydrogens (tertiary/aromatic N) is 3. The smallest absolute Gasteiger partial charge is 0.475 e. The molecular weight excluding hydrogens is 572 g/mol. The van der Waals surface area contributed by atoms with Gasteiger partial charge in [-0.1, -0.05) is 41.9 Å². The molecule has 1 saturated heterocycles. The third-order valence-electron chi connectivity index (χ3n) is 5.63. The Labute approximate surface area is 225 Å². The van der Waals surface area contributed by atoms with Crippen molar-refractivity contribution in [3.8, 4) is 0 Å². The van der Waals surface area contributed by atoms with Crippen molar-refractivity contribution in [1.82, 2.24) is 9.88 Å². The highest BCUT2D eigenvalue weighted by Gasteiger charge is 2.38. The van der Waals surface area contributed by atoms with E-state index in [9.17, 15) is 26.0 Å². The molecule has 0 unspecified atom stereocenters. The van der Waals surface area contributed by atoms with Crippen molar-refractivity contribution in [1.29, 1.82) is 0 Å².